The first kappa shape index (κ1) is 16.7. The maximum atomic E-state index is 9.45. The zero-order valence-electron chi connectivity index (χ0n) is 13.6. The first-order valence-electron chi connectivity index (χ1n) is 8.32. The third-order valence-electron chi connectivity index (χ3n) is 4.81. The number of hydrogen-bond acceptors (Lipinski definition) is 4. The maximum Gasteiger partial charge on any atom is 0.0761 e. The van der Waals surface area contributed by atoms with Crippen LogP contribution in [-0.4, -0.2) is 58.7 Å². The highest BCUT2D eigenvalue weighted by Crippen LogP contribution is 2.26. The summed E-state index contributed by atoms with van der Waals surface area (Å²) in [5, 5.41) is 11.4. The van der Waals surface area contributed by atoms with Crippen LogP contribution in [0.15, 0.2) is 30.5 Å². The largest absolute Gasteiger partial charge is 0.395 e. The molecule has 1 N–H and O–H groups in total. The van der Waals surface area contributed by atoms with Crippen LogP contribution in [0.3, 0.4) is 0 Å². The van der Waals surface area contributed by atoms with Gasteiger partial charge in [-0.2, -0.15) is 0 Å². The van der Waals surface area contributed by atoms with E-state index in [1.165, 1.54) is 0 Å². The number of nitrogens with zero attached hydrogens (tertiary/aromatic N) is 3. The smallest absolute Gasteiger partial charge is 0.0761 e. The van der Waals surface area contributed by atoms with Gasteiger partial charge in [0, 0.05) is 60.9 Å². The molecule has 1 aliphatic heterocycles. The molecule has 4 nitrogen and oxygen atoms in total. The zero-order chi connectivity index (χ0) is 16.2. The van der Waals surface area contributed by atoms with Crippen molar-refractivity contribution < 1.29 is 5.11 Å². The van der Waals surface area contributed by atoms with Gasteiger partial charge in [-0.25, -0.2) is 0 Å². The van der Waals surface area contributed by atoms with Gasteiger partial charge in [0.1, 0.15) is 0 Å². The van der Waals surface area contributed by atoms with E-state index in [-0.39, 0.29) is 6.61 Å². The number of pyridine rings is 1. The van der Waals surface area contributed by atoms with Crippen LogP contribution in [0.1, 0.15) is 18.9 Å². The van der Waals surface area contributed by atoms with Gasteiger partial charge in [0.05, 0.1) is 12.1 Å². The summed E-state index contributed by atoms with van der Waals surface area (Å²) in [6, 6.07) is 8.32. The van der Waals surface area contributed by atoms with Crippen molar-refractivity contribution in [1.82, 2.24) is 14.8 Å². The molecular weight excluding hydrogens is 310 g/mol. The number of rotatable bonds is 5. The van der Waals surface area contributed by atoms with Crippen LogP contribution in [0.4, 0.5) is 0 Å². The molecule has 0 spiro atoms. The molecule has 0 radical (unpaired) electrons. The highest BCUT2D eigenvalue weighted by atomic mass is 35.5. The molecule has 0 aliphatic carbocycles. The van der Waals surface area contributed by atoms with Crippen molar-refractivity contribution in [3.63, 3.8) is 0 Å². The Labute approximate surface area is 142 Å². The average Bonchev–Trinajstić information content (AvgIpc) is 2.60. The van der Waals surface area contributed by atoms with Gasteiger partial charge in [-0.05, 0) is 18.6 Å². The minimum absolute atomic E-state index is 0.246. The van der Waals surface area contributed by atoms with Crippen molar-refractivity contribution in [2.75, 3.05) is 32.8 Å². The lowest BCUT2D eigenvalue weighted by Crippen LogP contribution is -2.50. The number of hydrogen-bond donors (Lipinski definition) is 1. The Hall–Kier alpha value is -1.20. The summed E-state index contributed by atoms with van der Waals surface area (Å²) in [7, 11) is 0. The summed E-state index contributed by atoms with van der Waals surface area (Å²) in [6.45, 7) is 7.19. The Morgan fingerprint density at radius 1 is 1.22 bits per heavy atom. The van der Waals surface area contributed by atoms with Crippen LogP contribution in [0.5, 0.6) is 0 Å². The topological polar surface area (TPSA) is 39.6 Å². The number of benzene rings is 1. The van der Waals surface area contributed by atoms with Crippen LogP contribution in [0.25, 0.3) is 10.9 Å². The number of halogens is 1. The minimum Gasteiger partial charge on any atom is -0.395 e. The first-order chi connectivity index (χ1) is 11.2. The molecule has 1 atom stereocenters. The fourth-order valence-electron chi connectivity index (χ4n) is 3.34. The van der Waals surface area contributed by atoms with Crippen LogP contribution in [0, 0.1) is 0 Å². The second-order valence-electron chi connectivity index (χ2n) is 6.16. The van der Waals surface area contributed by atoms with Gasteiger partial charge in [-0.1, -0.05) is 30.7 Å². The molecular formula is C18H24ClN3O. The summed E-state index contributed by atoms with van der Waals surface area (Å²) in [5.74, 6) is 0. The van der Waals surface area contributed by atoms with Crippen LogP contribution in [-0.2, 0) is 6.54 Å². The molecule has 1 aliphatic rings. The standard InChI is InChI=1S/C18H24ClN3O/c1-2-15(13-23)22-10-8-21(9-11-22)12-16-17(19)6-5-14-4-3-7-20-18(14)16/h3-7,15,23H,2,8-13H2,1H3. The van der Waals surface area contributed by atoms with Crippen LogP contribution in [0.2, 0.25) is 5.02 Å². The predicted octanol–water partition coefficient (Wildman–Crippen LogP) is 2.78. The SMILES string of the molecule is CCC(CO)N1CCN(Cc2c(Cl)ccc3cccnc23)CC1. The van der Waals surface area contributed by atoms with Gasteiger partial charge >= 0.3 is 0 Å². The van der Waals surface area contributed by atoms with Gasteiger partial charge in [-0.15, -0.1) is 0 Å². The van der Waals surface area contributed by atoms with Crippen molar-refractivity contribution in [3.8, 4) is 0 Å². The summed E-state index contributed by atoms with van der Waals surface area (Å²) in [6.07, 6.45) is 2.82. The zero-order valence-corrected chi connectivity index (χ0v) is 14.3. The first-order valence-corrected chi connectivity index (χ1v) is 8.70. The van der Waals surface area contributed by atoms with E-state index in [0.29, 0.717) is 6.04 Å². The molecule has 0 saturated carbocycles. The van der Waals surface area contributed by atoms with E-state index in [4.69, 9.17) is 11.6 Å². The van der Waals surface area contributed by atoms with E-state index in [9.17, 15) is 5.11 Å². The van der Waals surface area contributed by atoms with Gasteiger partial charge in [-0.3, -0.25) is 14.8 Å². The van der Waals surface area contributed by atoms with E-state index >= 15 is 0 Å². The molecule has 5 heteroatoms. The molecule has 23 heavy (non-hydrogen) atoms. The molecule has 1 aromatic carbocycles. The Balaban J connectivity index is 1.71. The quantitative estimate of drug-likeness (QED) is 0.913. The van der Waals surface area contributed by atoms with Crippen molar-refractivity contribution in [2.45, 2.75) is 25.9 Å². The van der Waals surface area contributed by atoms with Gasteiger partial charge in [0.15, 0.2) is 0 Å². The highest BCUT2D eigenvalue weighted by Gasteiger charge is 2.23. The lowest BCUT2D eigenvalue weighted by atomic mass is 10.1. The number of aliphatic hydroxyl groups excluding tert-OH is 1. The third kappa shape index (κ3) is 3.66. The Kier molecular flexibility index (Phi) is 5.49. The minimum atomic E-state index is 0.246. The maximum absolute atomic E-state index is 9.45. The molecule has 0 amide bonds. The number of fused-ring (bicyclic) bond motifs is 1. The average molecular weight is 334 g/mol. The monoisotopic (exact) mass is 333 g/mol. The molecule has 0 bridgehead atoms. The van der Waals surface area contributed by atoms with E-state index in [1.54, 1.807) is 0 Å². The molecule has 124 valence electrons. The van der Waals surface area contributed by atoms with Crippen molar-refractivity contribution in [1.29, 1.82) is 0 Å². The summed E-state index contributed by atoms with van der Waals surface area (Å²) in [4.78, 5) is 9.34. The lowest BCUT2D eigenvalue weighted by molar-refractivity contribution is 0.0610. The van der Waals surface area contributed by atoms with Crippen molar-refractivity contribution >= 4 is 22.5 Å². The summed E-state index contributed by atoms with van der Waals surface area (Å²) in [5.41, 5.74) is 2.12. The molecule has 3 rings (SSSR count). The summed E-state index contributed by atoms with van der Waals surface area (Å²) < 4.78 is 0. The molecule has 1 saturated heterocycles. The predicted molar refractivity (Wildman–Crippen MR) is 94.8 cm³/mol. The molecule has 1 aromatic heterocycles. The van der Waals surface area contributed by atoms with Crippen molar-refractivity contribution in [2.24, 2.45) is 0 Å². The summed E-state index contributed by atoms with van der Waals surface area (Å²) >= 11 is 6.44. The Morgan fingerprint density at radius 3 is 2.70 bits per heavy atom. The van der Waals surface area contributed by atoms with E-state index < -0.39 is 0 Å². The lowest BCUT2D eigenvalue weighted by Gasteiger charge is -2.38. The number of piperazine rings is 1. The molecule has 1 fully saturated rings. The Morgan fingerprint density at radius 2 is 2.00 bits per heavy atom. The van der Waals surface area contributed by atoms with E-state index in [1.807, 2.05) is 24.4 Å². The Bertz CT molecular complexity index is 652. The van der Waals surface area contributed by atoms with E-state index in [0.717, 1.165) is 60.6 Å². The second kappa shape index (κ2) is 7.58. The second-order valence-corrected chi connectivity index (χ2v) is 6.57. The molecule has 2 heterocycles. The highest BCUT2D eigenvalue weighted by molar-refractivity contribution is 6.32. The van der Waals surface area contributed by atoms with Crippen molar-refractivity contribution in [3.05, 3.63) is 41.0 Å². The normalized spacial score (nSPS) is 18.4. The number of aromatic nitrogens is 1. The number of aliphatic hydroxyl groups is 1. The van der Waals surface area contributed by atoms with E-state index in [2.05, 4.69) is 27.8 Å². The van der Waals surface area contributed by atoms with Gasteiger partial charge < -0.3 is 5.11 Å². The van der Waals surface area contributed by atoms with Gasteiger partial charge in [0.25, 0.3) is 0 Å². The fraction of sp³-hybridized carbons (Fsp3) is 0.500. The fourth-order valence-corrected chi connectivity index (χ4v) is 3.56. The van der Waals surface area contributed by atoms with Gasteiger partial charge in [0.2, 0.25) is 0 Å². The van der Waals surface area contributed by atoms with Crippen LogP contribution >= 0.6 is 11.6 Å². The van der Waals surface area contributed by atoms with Crippen LogP contribution < -0.4 is 0 Å². The molecule has 2 aromatic rings. The third-order valence-corrected chi connectivity index (χ3v) is 5.16. The molecule has 1 unspecified atom stereocenters.